The van der Waals surface area contributed by atoms with Crippen LogP contribution in [0.5, 0.6) is 0 Å². The van der Waals surface area contributed by atoms with E-state index in [4.69, 9.17) is 0 Å². The van der Waals surface area contributed by atoms with Gasteiger partial charge in [0.05, 0.1) is 6.04 Å². The largest absolute Gasteiger partial charge is 0.349 e. The molecule has 3 aromatic carbocycles. The van der Waals surface area contributed by atoms with Gasteiger partial charge in [0.1, 0.15) is 0 Å². The Morgan fingerprint density at radius 2 is 1.66 bits per heavy atom. The van der Waals surface area contributed by atoms with Crippen molar-refractivity contribution in [1.82, 2.24) is 10.2 Å². The third kappa shape index (κ3) is 4.86. The SMILES string of the molecule is CC(NC(=O)C1CCN(CCc2ccccc2)CC1)c1cccc2ccccc12. The summed E-state index contributed by atoms with van der Waals surface area (Å²) in [4.78, 5) is 15.4. The average Bonchev–Trinajstić information content (AvgIpc) is 2.78. The van der Waals surface area contributed by atoms with Gasteiger partial charge >= 0.3 is 0 Å². The molecule has 1 heterocycles. The zero-order chi connectivity index (χ0) is 20.1. The number of piperidine rings is 1. The number of hydrogen-bond donors (Lipinski definition) is 1. The van der Waals surface area contributed by atoms with Crippen molar-refractivity contribution in [2.24, 2.45) is 5.92 Å². The highest BCUT2D eigenvalue weighted by atomic mass is 16.1. The number of fused-ring (bicyclic) bond motifs is 1. The highest BCUT2D eigenvalue weighted by Crippen LogP contribution is 2.25. The molecule has 29 heavy (non-hydrogen) atoms. The maximum absolute atomic E-state index is 12.9. The molecule has 1 amide bonds. The molecule has 1 saturated heterocycles. The molecule has 3 aromatic rings. The molecule has 3 heteroatoms. The van der Waals surface area contributed by atoms with Gasteiger partial charge in [0.15, 0.2) is 0 Å². The van der Waals surface area contributed by atoms with Crippen molar-refractivity contribution in [2.45, 2.75) is 32.2 Å². The molecule has 4 rings (SSSR count). The van der Waals surface area contributed by atoms with Gasteiger partial charge in [-0.3, -0.25) is 4.79 Å². The van der Waals surface area contributed by atoms with E-state index in [1.165, 1.54) is 21.9 Å². The van der Waals surface area contributed by atoms with Crippen LogP contribution in [0.1, 0.15) is 36.9 Å². The Bertz CT molecular complexity index is 940. The standard InChI is InChI=1S/C26H30N2O/c1-20(24-13-7-11-22-10-5-6-12-25(22)24)27-26(29)23-15-18-28(19-16-23)17-14-21-8-3-2-4-9-21/h2-13,20,23H,14-19H2,1H3,(H,27,29). The van der Waals surface area contributed by atoms with Crippen molar-refractivity contribution in [1.29, 1.82) is 0 Å². The molecule has 150 valence electrons. The fourth-order valence-electron chi connectivity index (χ4n) is 4.39. The predicted octanol–water partition coefficient (Wildman–Crippen LogP) is 4.97. The highest BCUT2D eigenvalue weighted by Gasteiger charge is 2.26. The summed E-state index contributed by atoms with van der Waals surface area (Å²) >= 11 is 0. The minimum absolute atomic E-state index is 0.0183. The van der Waals surface area contributed by atoms with Gasteiger partial charge in [0.25, 0.3) is 0 Å². The molecular formula is C26H30N2O. The quantitative estimate of drug-likeness (QED) is 0.649. The Balaban J connectivity index is 1.29. The molecule has 1 unspecified atom stereocenters. The Hall–Kier alpha value is -2.65. The number of carbonyl (C=O) groups is 1. The predicted molar refractivity (Wildman–Crippen MR) is 120 cm³/mol. The lowest BCUT2D eigenvalue weighted by molar-refractivity contribution is -0.127. The highest BCUT2D eigenvalue weighted by molar-refractivity contribution is 5.87. The van der Waals surface area contributed by atoms with E-state index in [0.717, 1.165) is 38.9 Å². The Kier molecular flexibility index (Phi) is 6.26. The molecule has 0 aromatic heterocycles. The minimum Gasteiger partial charge on any atom is -0.349 e. The van der Waals surface area contributed by atoms with E-state index in [0.29, 0.717) is 0 Å². The minimum atomic E-state index is 0.0183. The Labute approximate surface area is 173 Å². The third-order valence-corrected chi connectivity index (χ3v) is 6.17. The molecule has 0 bridgehead atoms. The topological polar surface area (TPSA) is 32.3 Å². The second-order valence-electron chi connectivity index (χ2n) is 8.15. The van der Waals surface area contributed by atoms with Crippen LogP contribution in [0.3, 0.4) is 0 Å². The van der Waals surface area contributed by atoms with Gasteiger partial charge in [-0.2, -0.15) is 0 Å². The number of nitrogens with zero attached hydrogens (tertiary/aromatic N) is 1. The van der Waals surface area contributed by atoms with E-state index < -0.39 is 0 Å². The second-order valence-corrected chi connectivity index (χ2v) is 8.15. The number of rotatable bonds is 6. The van der Waals surface area contributed by atoms with Gasteiger partial charge in [-0.25, -0.2) is 0 Å². The molecule has 1 N–H and O–H groups in total. The molecule has 0 spiro atoms. The van der Waals surface area contributed by atoms with Crippen LogP contribution in [0.15, 0.2) is 72.8 Å². The monoisotopic (exact) mass is 386 g/mol. The van der Waals surface area contributed by atoms with E-state index in [1.807, 2.05) is 0 Å². The lowest BCUT2D eigenvalue weighted by Gasteiger charge is -2.32. The summed E-state index contributed by atoms with van der Waals surface area (Å²) in [6.45, 7) is 5.18. The number of likely N-dealkylation sites (tertiary alicyclic amines) is 1. The molecule has 0 aliphatic carbocycles. The van der Waals surface area contributed by atoms with Crippen LogP contribution in [-0.2, 0) is 11.2 Å². The maximum Gasteiger partial charge on any atom is 0.223 e. The van der Waals surface area contributed by atoms with Crippen molar-refractivity contribution >= 4 is 16.7 Å². The molecule has 0 saturated carbocycles. The molecule has 0 radical (unpaired) electrons. The Morgan fingerprint density at radius 1 is 0.966 bits per heavy atom. The van der Waals surface area contributed by atoms with Gasteiger partial charge in [0.2, 0.25) is 5.91 Å². The summed E-state index contributed by atoms with van der Waals surface area (Å²) in [5.41, 5.74) is 2.58. The van der Waals surface area contributed by atoms with Crippen LogP contribution in [0.2, 0.25) is 0 Å². The van der Waals surface area contributed by atoms with Crippen LogP contribution < -0.4 is 5.32 Å². The van der Waals surface area contributed by atoms with Crippen molar-refractivity contribution < 1.29 is 4.79 Å². The van der Waals surface area contributed by atoms with Crippen molar-refractivity contribution in [3.63, 3.8) is 0 Å². The number of nitrogens with one attached hydrogen (secondary N) is 1. The average molecular weight is 387 g/mol. The second kappa shape index (κ2) is 9.23. The van der Waals surface area contributed by atoms with Gasteiger partial charge in [0, 0.05) is 12.5 Å². The number of carbonyl (C=O) groups excluding carboxylic acids is 1. The van der Waals surface area contributed by atoms with Crippen LogP contribution in [0, 0.1) is 5.92 Å². The van der Waals surface area contributed by atoms with Gasteiger partial charge < -0.3 is 10.2 Å². The number of hydrogen-bond acceptors (Lipinski definition) is 2. The Morgan fingerprint density at radius 3 is 2.45 bits per heavy atom. The summed E-state index contributed by atoms with van der Waals surface area (Å²) in [7, 11) is 0. The number of amides is 1. The van der Waals surface area contributed by atoms with E-state index >= 15 is 0 Å². The van der Waals surface area contributed by atoms with Gasteiger partial charge in [-0.1, -0.05) is 72.8 Å². The number of benzene rings is 3. The zero-order valence-corrected chi connectivity index (χ0v) is 17.2. The van der Waals surface area contributed by atoms with E-state index in [9.17, 15) is 4.79 Å². The van der Waals surface area contributed by atoms with Crippen molar-refractivity contribution in [3.05, 3.63) is 83.9 Å². The third-order valence-electron chi connectivity index (χ3n) is 6.17. The van der Waals surface area contributed by atoms with Crippen LogP contribution in [-0.4, -0.2) is 30.4 Å². The van der Waals surface area contributed by atoms with Crippen LogP contribution in [0.25, 0.3) is 10.8 Å². The first-order valence-corrected chi connectivity index (χ1v) is 10.7. The lowest BCUT2D eigenvalue weighted by Crippen LogP contribution is -2.41. The summed E-state index contributed by atoms with van der Waals surface area (Å²) in [5, 5.41) is 5.71. The molecule has 1 aliphatic heterocycles. The smallest absolute Gasteiger partial charge is 0.223 e. The van der Waals surface area contributed by atoms with Crippen LogP contribution >= 0.6 is 0 Å². The van der Waals surface area contributed by atoms with E-state index in [1.54, 1.807) is 0 Å². The maximum atomic E-state index is 12.9. The molecular weight excluding hydrogens is 356 g/mol. The zero-order valence-electron chi connectivity index (χ0n) is 17.2. The first-order valence-electron chi connectivity index (χ1n) is 10.7. The first kappa shape index (κ1) is 19.7. The van der Waals surface area contributed by atoms with Gasteiger partial charge in [-0.15, -0.1) is 0 Å². The fourth-order valence-corrected chi connectivity index (χ4v) is 4.39. The normalized spacial score (nSPS) is 16.6. The van der Waals surface area contributed by atoms with Crippen LogP contribution in [0.4, 0.5) is 0 Å². The lowest BCUT2D eigenvalue weighted by atomic mass is 9.94. The molecule has 3 nitrogen and oxygen atoms in total. The van der Waals surface area contributed by atoms with E-state index in [-0.39, 0.29) is 17.9 Å². The summed E-state index contributed by atoms with van der Waals surface area (Å²) in [6.07, 6.45) is 2.97. The molecule has 1 fully saturated rings. The molecule has 1 atom stereocenters. The summed E-state index contributed by atoms with van der Waals surface area (Å²) < 4.78 is 0. The van der Waals surface area contributed by atoms with Crippen molar-refractivity contribution in [2.75, 3.05) is 19.6 Å². The van der Waals surface area contributed by atoms with Gasteiger partial charge in [-0.05, 0) is 61.2 Å². The summed E-state index contributed by atoms with van der Waals surface area (Å²) in [5.74, 6) is 0.327. The van der Waals surface area contributed by atoms with E-state index in [2.05, 4.69) is 89.9 Å². The summed E-state index contributed by atoms with van der Waals surface area (Å²) in [6, 6.07) is 25.4. The molecule has 1 aliphatic rings. The fraction of sp³-hybridized carbons (Fsp3) is 0.346. The first-order chi connectivity index (χ1) is 14.2. The van der Waals surface area contributed by atoms with Crippen molar-refractivity contribution in [3.8, 4) is 0 Å².